The molecule has 0 aliphatic carbocycles. The molecule has 0 radical (unpaired) electrons. The van der Waals surface area contributed by atoms with Crippen LogP contribution in [-0.4, -0.2) is 17.4 Å². The molecule has 0 aliphatic heterocycles. The molecule has 0 amide bonds. The van der Waals surface area contributed by atoms with Crippen LogP contribution in [0, 0.1) is 5.92 Å². The van der Waals surface area contributed by atoms with E-state index in [9.17, 15) is 0 Å². The third-order valence-corrected chi connectivity index (χ3v) is 1.37. The average Bonchev–Trinajstić information content (AvgIpc) is 1.63. The Morgan fingerprint density at radius 2 is 1.78 bits per heavy atom. The van der Waals surface area contributed by atoms with E-state index in [-0.39, 0.29) is 18.2 Å². The third kappa shape index (κ3) is 4.39. The summed E-state index contributed by atoms with van der Waals surface area (Å²) in [6.07, 6.45) is 0.0756. The molecule has 9 heavy (non-hydrogen) atoms. The molecule has 3 nitrogen and oxygen atoms in total. The molecule has 0 saturated heterocycles. The summed E-state index contributed by atoms with van der Waals surface area (Å²) < 4.78 is 0. The maximum Gasteiger partial charge on any atom is 0.0548 e. The van der Waals surface area contributed by atoms with Gasteiger partial charge in [0.25, 0.3) is 0 Å². The minimum Gasteiger partial charge on any atom is -0.393 e. The first kappa shape index (κ1) is 8.88. The van der Waals surface area contributed by atoms with Crippen molar-refractivity contribution in [1.82, 2.24) is 0 Å². The molecule has 0 aliphatic rings. The number of rotatable bonds is 3. The van der Waals surface area contributed by atoms with Gasteiger partial charge in [-0.05, 0) is 19.3 Å². The summed E-state index contributed by atoms with van der Waals surface area (Å²) in [4.78, 5) is 0. The Hall–Kier alpha value is -0.120. The molecule has 2 atom stereocenters. The fourth-order valence-corrected chi connectivity index (χ4v) is 0.695. The summed E-state index contributed by atoms with van der Waals surface area (Å²) in [7, 11) is 0. The normalized spacial score (nSPS) is 18.0. The minimum absolute atomic E-state index is 0.199. The van der Waals surface area contributed by atoms with E-state index in [0.29, 0.717) is 6.42 Å². The highest BCUT2D eigenvalue weighted by Gasteiger charge is 2.09. The Bertz CT molecular complexity index is 73.5. The smallest absolute Gasteiger partial charge is 0.0548 e. The Kier molecular flexibility index (Phi) is 3.77. The summed E-state index contributed by atoms with van der Waals surface area (Å²) in [6, 6.07) is 0. The van der Waals surface area contributed by atoms with Gasteiger partial charge in [0.2, 0.25) is 0 Å². The van der Waals surface area contributed by atoms with Crippen molar-refractivity contribution in [3.63, 3.8) is 0 Å². The van der Waals surface area contributed by atoms with Crippen molar-refractivity contribution in [3.8, 4) is 0 Å². The van der Waals surface area contributed by atoms with Gasteiger partial charge < -0.3 is 16.6 Å². The molecule has 3 heteroatoms. The lowest BCUT2D eigenvalue weighted by Gasteiger charge is -2.16. The van der Waals surface area contributed by atoms with Crippen LogP contribution in [0.1, 0.15) is 20.3 Å². The minimum atomic E-state index is -0.306. The quantitative estimate of drug-likeness (QED) is 0.459. The van der Waals surface area contributed by atoms with Crippen LogP contribution in [-0.2, 0) is 0 Å². The van der Waals surface area contributed by atoms with E-state index in [2.05, 4.69) is 0 Å². The fourth-order valence-electron chi connectivity index (χ4n) is 0.695. The zero-order chi connectivity index (χ0) is 7.44. The first-order chi connectivity index (χ1) is 4.04. The average molecular weight is 132 g/mol. The van der Waals surface area contributed by atoms with Gasteiger partial charge in [-0.2, -0.15) is 0 Å². The third-order valence-electron chi connectivity index (χ3n) is 1.37. The van der Waals surface area contributed by atoms with Crippen LogP contribution < -0.4 is 11.5 Å². The van der Waals surface area contributed by atoms with Gasteiger partial charge in [0.05, 0.1) is 12.3 Å². The van der Waals surface area contributed by atoms with E-state index in [4.69, 9.17) is 16.6 Å². The lowest BCUT2D eigenvalue weighted by molar-refractivity contribution is 0.157. The predicted octanol–water partition coefficient (Wildman–Crippen LogP) is -0.363. The molecule has 0 spiro atoms. The van der Waals surface area contributed by atoms with Crippen LogP contribution in [0.15, 0.2) is 0 Å². The summed E-state index contributed by atoms with van der Waals surface area (Å²) >= 11 is 0. The number of hydrogen-bond donors (Lipinski definition) is 3. The highest BCUT2D eigenvalue weighted by molar-refractivity contribution is 4.64. The lowest BCUT2D eigenvalue weighted by atomic mass is 10.0. The van der Waals surface area contributed by atoms with Gasteiger partial charge in [0, 0.05) is 0 Å². The Balaban J connectivity index is 3.38. The molecular weight excluding hydrogens is 116 g/mol. The molecule has 2 unspecified atom stereocenters. The van der Waals surface area contributed by atoms with Gasteiger partial charge in [0.15, 0.2) is 0 Å². The summed E-state index contributed by atoms with van der Waals surface area (Å²) in [6.45, 7) is 3.66. The molecule has 56 valence electrons. The van der Waals surface area contributed by atoms with Crippen molar-refractivity contribution in [2.75, 3.05) is 0 Å². The zero-order valence-corrected chi connectivity index (χ0v) is 6.04. The van der Waals surface area contributed by atoms with Gasteiger partial charge in [0.1, 0.15) is 0 Å². The largest absolute Gasteiger partial charge is 0.393 e. The molecular formula is C6H16N2O. The standard InChI is InChI=1S/C6H16N2O/c1-4(6(7)8)3-5(2)9/h4-6,9H,3,7-8H2,1-2H3. The van der Waals surface area contributed by atoms with Crippen LogP contribution >= 0.6 is 0 Å². The summed E-state index contributed by atoms with van der Waals surface area (Å²) in [5, 5.41) is 8.86. The first-order valence-electron chi connectivity index (χ1n) is 3.23. The zero-order valence-electron chi connectivity index (χ0n) is 6.04. The van der Waals surface area contributed by atoms with E-state index < -0.39 is 0 Å². The molecule has 0 heterocycles. The van der Waals surface area contributed by atoms with Crippen LogP contribution in [0.4, 0.5) is 0 Å². The molecule has 0 fully saturated rings. The van der Waals surface area contributed by atoms with Crippen molar-refractivity contribution in [1.29, 1.82) is 0 Å². The highest BCUT2D eigenvalue weighted by Crippen LogP contribution is 2.05. The Labute approximate surface area is 56.0 Å². The molecule has 0 aromatic carbocycles. The summed E-state index contributed by atoms with van der Waals surface area (Å²) in [5.41, 5.74) is 10.7. The van der Waals surface area contributed by atoms with Gasteiger partial charge in [-0.3, -0.25) is 0 Å². The second-order valence-corrected chi connectivity index (χ2v) is 2.64. The van der Waals surface area contributed by atoms with Gasteiger partial charge in [-0.1, -0.05) is 6.92 Å². The van der Waals surface area contributed by atoms with Crippen molar-refractivity contribution in [2.45, 2.75) is 32.5 Å². The topological polar surface area (TPSA) is 72.3 Å². The van der Waals surface area contributed by atoms with Crippen molar-refractivity contribution < 1.29 is 5.11 Å². The number of aliphatic hydroxyl groups excluding tert-OH is 1. The molecule has 0 bridgehead atoms. The first-order valence-corrected chi connectivity index (χ1v) is 3.23. The monoisotopic (exact) mass is 132 g/mol. The van der Waals surface area contributed by atoms with Crippen LogP contribution in [0.3, 0.4) is 0 Å². The Morgan fingerprint density at radius 1 is 1.33 bits per heavy atom. The van der Waals surface area contributed by atoms with Crippen LogP contribution in [0.2, 0.25) is 0 Å². The predicted molar refractivity (Wildman–Crippen MR) is 37.6 cm³/mol. The molecule has 0 aromatic heterocycles. The van der Waals surface area contributed by atoms with Crippen molar-refractivity contribution in [2.24, 2.45) is 17.4 Å². The highest BCUT2D eigenvalue weighted by atomic mass is 16.3. The molecule has 0 aromatic rings. The van der Waals surface area contributed by atoms with Crippen molar-refractivity contribution >= 4 is 0 Å². The van der Waals surface area contributed by atoms with Gasteiger partial charge in [-0.15, -0.1) is 0 Å². The second-order valence-electron chi connectivity index (χ2n) is 2.64. The maximum atomic E-state index is 8.86. The number of nitrogens with two attached hydrogens (primary N) is 2. The lowest BCUT2D eigenvalue weighted by Crippen LogP contribution is -2.38. The number of aliphatic hydroxyl groups is 1. The van der Waals surface area contributed by atoms with E-state index in [0.717, 1.165) is 0 Å². The van der Waals surface area contributed by atoms with E-state index in [1.807, 2.05) is 6.92 Å². The Morgan fingerprint density at radius 3 is 1.89 bits per heavy atom. The van der Waals surface area contributed by atoms with Gasteiger partial charge in [-0.25, -0.2) is 0 Å². The number of hydrogen-bond acceptors (Lipinski definition) is 3. The van der Waals surface area contributed by atoms with E-state index >= 15 is 0 Å². The van der Waals surface area contributed by atoms with Crippen molar-refractivity contribution in [3.05, 3.63) is 0 Å². The molecule has 5 N–H and O–H groups in total. The SMILES string of the molecule is CC(O)CC(C)C(N)N. The molecule has 0 rings (SSSR count). The maximum absolute atomic E-state index is 8.86. The fraction of sp³-hybridized carbons (Fsp3) is 1.00. The van der Waals surface area contributed by atoms with Gasteiger partial charge >= 0.3 is 0 Å². The van der Waals surface area contributed by atoms with E-state index in [1.165, 1.54) is 0 Å². The molecule has 0 saturated carbocycles. The van der Waals surface area contributed by atoms with E-state index in [1.54, 1.807) is 6.92 Å². The summed E-state index contributed by atoms with van der Waals surface area (Å²) in [5.74, 6) is 0.199. The van der Waals surface area contributed by atoms with Crippen LogP contribution in [0.5, 0.6) is 0 Å². The second kappa shape index (κ2) is 3.82. The van der Waals surface area contributed by atoms with Crippen LogP contribution in [0.25, 0.3) is 0 Å².